The van der Waals surface area contributed by atoms with Crippen LogP contribution >= 0.6 is 11.6 Å². The molecule has 102 valence electrons. The third-order valence-electron chi connectivity index (χ3n) is 2.53. The topological polar surface area (TPSA) is 83.6 Å². The Labute approximate surface area is 112 Å². The second-order valence-electron chi connectivity index (χ2n) is 3.76. The van der Waals surface area contributed by atoms with E-state index in [1.54, 1.807) is 6.92 Å². The number of hydrogen-bond acceptors (Lipinski definition) is 4. The number of rotatable bonds is 6. The number of nitrogen functional groups attached to an aromatic ring is 1. The highest BCUT2D eigenvalue weighted by molar-refractivity contribution is 7.89. The second-order valence-corrected chi connectivity index (χ2v) is 6.10. The van der Waals surface area contributed by atoms with Crippen molar-refractivity contribution in [3.8, 4) is 0 Å². The van der Waals surface area contributed by atoms with Gasteiger partial charge in [0.1, 0.15) is 0 Å². The van der Waals surface area contributed by atoms with Gasteiger partial charge in [-0.25, -0.2) is 8.42 Å². The monoisotopic (exact) mass is 292 g/mol. The van der Waals surface area contributed by atoms with Crippen LogP contribution in [0.1, 0.15) is 13.3 Å². The van der Waals surface area contributed by atoms with Crippen molar-refractivity contribution in [2.24, 2.45) is 0 Å². The van der Waals surface area contributed by atoms with Gasteiger partial charge in [0.25, 0.3) is 0 Å². The number of aliphatic hydroxyl groups excluding tert-OH is 1. The van der Waals surface area contributed by atoms with Gasteiger partial charge in [0, 0.05) is 19.7 Å². The minimum absolute atomic E-state index is 0.0471. The summed E-state index contributed by atoms with van der Waals surface area (Å²) in [6, 6.07) is 4.24. The molecule has 1 aromatic rings. The fourth-order valence-electron chi connectivity index (χ4n) is 1.51. The van der Waals surface area contributed by atoms with E-state index in [4.69, 9.17) is 22.4 Å². The zero-order chi connectivity index (χ0) is 13.8. The number of sulfonamides is 1. The molecule has 0 radical (unpaired) electrons. The first kappa shape index (κ1) is 15.2. The Bertz CT molecular complexity index is 505. The minimum atomic E-state index is -3.58. The molecular formula is C11H17ClN2O3S. The van der Waals surface area contributed by atoms with Gasteiger partial charge in [0.2, 0.25) is 10.0 Å². The van der Waals surface area contributed by atoms with Crippen molar-refractivity contribution in [1.82, 2.24) is 4.31 Å². The summed E-state index contributed by atoms with van der Waals surface area (Å²) in [5.74, 6) is 0. The summed E-state index contributed by atoms with van der Waals surface area (Å²) in [4.78, 5) is 0.112. The van der Waals surface area contributed by atoms with Gasteiger partial charge in [-0.05, 0) is 24.6 Å². The molecule has 0 bridgehead atoms. The molecule has 3 N–H and O–H groups in total. The molecule has 0 unspecified atom stereocenters. The van der Waals surface area contributed by atoms with Crippen molar-refractivity contribution in [1.29, 1.82) is 0 Å². The molecule has 0 heterocycles. The summed E-state index contributed by atoms with van der Waals surface area (Å²) in [6.45, 7) is 2.31. The van der Waals surface area contributed by atoms with Crippen LogP contribution in [0.2, 0.25) is 5.02 Å². The van der Waals surface area contributed by atoms with Crippen LogP contribution in [0.4, 0.5) is 5.69 Å². The SMILES string of the molecule is CCN(CCCO)S(=O)(=O)c1ccc(N)c(Cl)c1. The molecule has 0 atom stereocenters. The van der Waals surface area contributed by atoms with Gasteiger partial charge < -0.3 is 10.8 Å². The predicted octanol–water partition coefficient (Wildman–Crippen LogP) is 1.32. The number of anilines is 1. The molecular weight excluding hydrogens is 276 g/mol. The van der Waals surface area contributed by atoms with Crippen molar-refractivity contribution in [2.45, 2.75) is 18.2 Å². The minimum Gasteiger partial charge on any atom is -0.398 e. The quantitative estimate of drug-likeness (QED) is 0.775. The molecule has 0 aliphatic carbocycles. The van der Waals surface area contributed by atoms with Crippen molar-refractivity contribution < 1.29 is 13.5 Å². The number of benzene rings is 1. The maximum atomic E-state index is 12.3. The Morgan fingerprint density at radius 2 is 2.11 bits per heavy atom. The van der Waals surface area contributed by atoms with Crippen molar-refractivity contribution in [3.63, 3.8) is 0 Å². The lowest BCUT2D eigenvalue weighted by Gasteiger charge is -2.20. The third kappa shape index (κ3) is 3.35. The average molecular weight is 293 g/mol. The van der Waals surface area contributed by atoms with Crippen LogP contribution in [-0.2, 0) is 10.0 Å². The van der Waals surface area contributed by atoms with Crippen molar-refractivity contribution in [3.05, 3.63) is 23.2 Å². The summed E-state index contributed by atoms with van der Waals surface area (Å²) in [5.41, 5.74) is 5.89. The van der Waals surface area contributed by atoms with E-state index >= 15 is 0 Å². The lowest BCUT2D eigenvalue weighted by atomic mass is 10.3. The zero-order valence-electron chi connectivity index (χ0n) is 10.1. The van der Waals surface area contributed by atoms with Crippen LogP contribution < -0.4 is 5.73 Å². The highest BCUT2D eigenvalue weighted by Gasteiger charge is 2.23. The molecule has 0 aliphatic rings. The van der Waals surface area contributed by atoms with Crippen LogP contribution in [0.25, 0.3) is 0 Å². The smallest absolute Gasteiger partial charge is 0.243 e. The molecule has 0 saturated carbocycles. The van der Waals surface area contributed by atoms with Crippen molar-refractivity contribution >= 4 is 27.3 Å². The van der Waals surface area contributed by atoms with E-state index in [0.29, 0.717) is 18.7 Å². The Morgan fingerprint density at radius 1 is 1.44 bits per heavy atom. The van der Waals surface area contributed by atoms with Crippen LogP contribution in [-0.4, -0.2) is 37.5 Å². The number of nitrogens with zero attached hydrogens (tertiary/aromatic N) is 1. The van der Waals surface area contributed by atoms with E-state index in [1.807, 2.05) is 0 Å². The Balaban J connectivity index is 3.06. The van der Waals surface area contributed by atoms with E-state index in [2.05, 4.69) is 0 Å². The zero-order valence-corrected chi connectivity index (χ0v) is 11.7. The van der Waals surface area contributed by atoms with E-state index in [0.717, 1.165) is 0 Å². The molecule has 1 aromatic carbocycles. The summed E-state index contributed by atoms with van der Waals surface area (Å²) in [6.07, 6.45) is 0.399. The highest BCUT2D eigenvalue weighted by Crippen LogP contribution is 2.24. The number of hydrogen-bond donors (Lipinski definition) is 2. The summed E-state index contributed by atoms with van der Waals surface area (Å²) in [7, 11) is -3.58. The Morgan fingerprint density at radius 3 is 2.61 bits per heavy atom. The fourth-order valence-corrected chi connectivity index (χ4v) is 3.27. The van der Waals surface area contributed by atoms with Crippen LogP contribution in [0.5, 0.6) is 0 Å². The summed E-state index contributed by atoms with van der Waals surface area (Å²) in [5, 5.41) is 8.99. The first-order valence-corrected chi connectivity index (χ1v) is 7.41. The Kier molecular flexibility index (Phi) is 5.40. The molecule has 18 heavy (non-hydrogen) atoms. The number of aliphatic hydroxyl groups is 1. The lowest BCUT2D eigenvalue weighted by molar-refractivity contribution is 0.271. The summed E-state index contributed by atoms with van der Waals surface area (Å²) < 4.78 is 25.9. The highest BCUT2D eigenvalue weighted by atomic mass is 35.5. The molecule has 0 amide bonds. The van der Waals surface area contributed by atoms with E-state index < -0.39 is 10.0 Å². The predicted molar refractivity (Wildman–Crippen MR) is 72.0 cm³/mol. The molecule has 7 heteroatoms. The number of nitrogens with two attached hydrogens (primary N) is 1. The van der Waals surface area contributed by atoms with Gasteiger partial charge in [0.15, 0.2) is 0 Å². The van der Waals surface area contributed by atoms with Crippen molar-refractivity contribution in [2.75, 3.05) is 25.4 Å². The van der Waals surface area contributed by atoms with Crippen LogP contribution in [0, 0.1) is 0 Å². The largest absolute Gasteiger partial charge is 0.398 e. The maximum absolute atomic E-state index is 12.3. The van der Waals surface area contributed by atoms with E-state index in [9.17, 15) is 8.42 Å². The third-order valence-corrected chi connectivity index (χ3v) is 4.83. The molecule has 0 aliphatic heterocycles. The van der Waals surface area contributed by atoms with E-state index in [1.165, 1.54) is 22.5 Å². The maximum Gasteiger partial charge on any atom is 0.243 e. The number of halogens is 1. The first-order chi connectivity index (χ1) is 8.43. The standard InChI is InChI=1S/C11H17ClN2O3S/c1-2-14(6-3-7-15)18(16,17)9-4-5-11(13)10(12)8-9/h4-5,8,15H,2-3,6-7,13H2,1H3. The van der Waals surface area contributed by atoms with Gasteiger partial charge >= 0.3 is 0 Å². The Hall–Kier alpha value is -0.820. The van der Waals surface area contributed by atoms with E-state index in [-0.39, 0.29) is 23.1 Å². The average Bonchev–Trinajstić information content (AvgIpc) is 2.33. The lowest BCUT2D eigenvalue weighted by Crippen LogP contribution is -2.32. The van der Waals surface area contributed by atoms with Gasteiger partial charge in [-0.3, -0.25) is 0 Å². The first-order valence-electron chi connectivity index (χ1n) is 5.59. The van der Waals surface area contributed by atoms with Gasteiger partial charge in [-0.15, -0.1) is 0 Å². The summed E-state index contributed by atoms with van der Waals surface area (Å²) >= 11 is 5.82. The van der Waals surface area contributed by atoms with Gasteiger partial charge in [0.05, 0.1) is 15.6 Å². The molecule has 0 aromatic heterocycles. The fraction of sp³-hybridized carbons (Fsp3) is 0.455. The second kappa shape index (κ2) is 6.38. The molecule has 0 saturated heterocycles. The molecule has 1 rings (SSSR count). The molecule has 5 nitrogen and oxygen atoms in total. The van der Waals surface area contributed by atoms with Gasteiger partial charge in [-0.2, -0.15) is 4.31 Å². The van der Waals surface area contributed by atoms with Crippen LogP contribution in [0.3, 0.4) is 0 Å². The molecule has 0 fully saturated rings. The van der Waals surface area contributed by atoms with Gasteiger partial charge in [-0.1, -0.05) is 18.5 Å². The normalized spacial score (nSPS) is 12.0. The molecule has 0 spiro atoms. The van der Waals surface area contributed by atoms with Crippen LogP contribution in [0.15, 0.2) is 23.1 Å².